The van der Waals surface area contributed by atoms with E-state index >= 15 is 0 Å². The highest BCUT2D eigenvalue weighted by Crippen LogP contribution is 2.41. The molecule has 2 fully saturated rings. The Morgan fingerprint density at radius 2 is 1.46 bits per heavy atom. The molecule has 258 valence electrons. The molecule has 0 bridgehead atoms. The minimum atomic E-state index is -0.663. The number of nitrogens with zero attached hydrogens (tertiary/aromatic N) is 1. The summed E-state index contributed by atoms with van der Waals surface area (Å²) in [6, 6.07) is 11.1. The number of hydrogen-bond acceptors (Lipinski definition) is 6. The Morgan fingerprint density at radius 1 is 0.833 bits per heavy atom. The van der Waals surface area contributed by atoms with Crippen molar-refractivity contribution in [3.05, 3.63) is 58.7 Å². The van der Waals surface area contributed by atoms with E-state index in [0.717, 1.165) is 69.9 Å². The summed E-state index contributed by atoms with van der Waals surface area (Å²) in [5.74, 6) is -0.441. The Bertz CT molecular complexity index is 1520. The summed E-state index contributed by atoms with van der Waals surface area (Å²) < 4.78 is 0. The molecule has 2 heterocycles. The highest BCUT2D eigenvalue weighted by molar-refractivity contribution is 5.93. The van der Waals surface area contributed by atoms with Crippen molar-refractivity contribution in [2.75, 3.05) is 20.1 Å². The third kappa shape index (κ3) is 7.01. The molecular formula is C38H52N6O4. The topological polar surface area (TPSA) is 132 Å². The summed E-state index contributed by atoms with van der Waals surface area (Å²) in [6.45, 7) is 5.04. The van der Waals surface area contributed by atoms with Gasteiger partial charge in [-0.2, -0.15) is 0 Å². The van der Waals surface area contributed by atoms with Gasteiger partial charge in [0, 0.05) is 6.54 Å². The maximum absolute atomic E-state index is 13.9. The van der Waals surface area contributed by atoms with Gasteiger partial charge in [0.1, 0.15) is 12.1 Å². The molecule has 2 aromatic carbocycles. The van der Waals surface area contributed by atoms with Crippen molar-refractivity contribution in [2.24, 2.45) is 0 Å². The van der Waals surface area contributed by atoms with Crippen LogP contribution < -0.4 is 26.6 Å². The molecule has 0 aromatic heterocycles. The molecular weight excluding hydrogens is 604 g/mol. The number of carbonyl (C=O) groups is 4. The van der Waals surface area contributed by atoms with Crippen LogP contribution in [-0.4, -0.2) is 72.8 Å². The van der Waals surface area contributed by atoms with Gasteiger partial charge in [-0.1, -0.05) is 43.3 Å². The van der Waals surface area contributed by atoms with Crippen LogP contribution in [0.5, 0.6) is 0 Å². The number of amides is 4. The normalized spacial score (nSPS) is 24.6. The molecule has 2 aliphatic heterocycles. The molecule has 6 atom stereocenters. The van der Waals surface area contributed by atoms with Crippen LogP contribution in [-0.2, 0) is 32.0 Å². The number of fused-ring (bicyclic) bond motifs is 2. The first-order valence-electron chi connectivity index (χ1n) is 18.2. The van der Waals surface area contributed by atoms with Crippen molar-refractivity contribution >= 4 is 23.6 Å². The SMILES string of the molecule is CC[C@H](NC(=O)[C@H](C)NC)C(=O)N1CCC[C@H]1C(=O)N[C@@H]1CCCc2c(-c3cccc4c3CCCC4NC(=O)C3CCCN3)cccc21. The Balaban J connectivity index is 1.19. The van der Waals surface area contributed by atoms with Gasteiger partial charge in [-0.05, 0) is 125 Å². The number of nitrogens with one attached hydrogen (secondary N) is 5. The molecule has 2 saturated heterocycles. The summed E-state index contributed by atoms with van der Waals surface area (Å²) in [5.41, 5.74) is 7.39. The summed E-state index contributed by atoms with van der Waals surface area (Å²) >= 11 is 0. The molecule has 10 heteroatoms. The van der Waals surface area contributed by atoms with Crippen molar-refractivity contribution in [1.29, 1.82) is 0 Å². The number of hydrogen-bond donors (Lipinski definition) is 5. The molecule has 6 rings (SSSR count). The van der Waals surface area contributed by atoms with E-state index in [2.05, 4.69) is 63.0 Å². The first-order chi connectivity index (χ1) is 23.3. The van der Waals surface area contributed by atoms with Gasteiger partial charge in [0.25, 0.3) is 0 Å². The van der Waals surface area contributed by atoms with Gasteiger partial charge in [-0.15, -0.1) is 0 Å². The van der Waals surface area contributed by atoms with Crippen LogP contribution in [0, 0.1) is 0 Å². The largest absolute Gasteiger partial charge is 0.348 e. The van der Waals surface area contributed by atoms with E-state index in [0.29, 0.717) is 19.4 Å². The number of rotatable bonds is 10. The fourth-order valence-electron chi connectivity index (χ4n) is 8.22. The molecule has 0 spiro atoms. The van der Waals surface area contributed by atoms with Gasteiger partial charge in [0.05, 0.1) is 24.2 Å². The van der Waals surface area contributed by atoms with Crippen LogP contribution in [0.3, 0.4) is 0 Å². The number of benzene rings is 2. The summed E-state index contributed by atoms with van der Waals surface area (Å²) in [4.78, 5) is 54.7. The van der Waals surface area contributed by atoms with Crippen molar-refractivity contribution in [1.82, 2.24) is 31.5 Å². The molecule has 48 heavy (non-hydrogen) atoms. The van der Waals surface area contributed by atoms with E-state index in [1.165, 1.54) is 27.8 Å². The van der Waals surface area contributed by atoms with Crippen molar-refractivity contribution < 1.29 is 19.2 Å². The van der Waals surface area contributed by atoms with Gasteiger partial charge in [-0.3, -0.25) is 19.2 Å². The van der Waals surface area contributed by atoms with Crippen LogP contribution >= 0.6 is 0 Å². The Hall–Kier alpha value is -3.76. The zero-order chi connectivity index (χ0) is 33.8. The maximum Gasteiger partial charge on any atom is 0.245 e. The smallest absolute Gasteiger partial charge is 0.245 e. The Labute approximate surface area is 284 Å². The fraction of sp³-hybridized carbons (Fsp3) is 0.579. The van der Waals surface area contributed by atoms with Crippen LogP contribution in [0.4, 0.5) is 0 Å². The Kier molecular flexibility index (Phi) is 10.8. The van der Waals surface area contributed by atoms with Gasteiger partial charge >= 0.3 is 0 Å². The highest BCUT2D eigenvalue weighted by Gasteiger charge is 2.39. The molecule has 2 unspecified atom stereocenters. The van der Waals surface area contributed by atoms with Crippen LogP contribution in [0.1, 0.15) is 106 Å². The third-order valence-corrected chi connectivity index (χ3v) is 11.0. The lowest BCUT2D eigenvalue weighted by Crippen LogP contribution is -2.55. The van der Waals surface area contributed by atoms with Gasteiger partial charge < -0.3 is 31.5 Å². The zero-order valence-corrected chi connectivity index (χ0v) is 28.7. The lowest BCUT2D eigenvalue weighted by molar-refractivity contribution is -0.141. The average Bonchev–Trinajstić information content (AvgIpc) is 3.83. The second-order valence-electron chi connectivity index (χ2n) is 14.0. The molecule has 4 aliphatic rings. The monoisotopic (exact) mass is 656 g/mol. The average molecular weight is 657 g/mol. The van der Waals surface area contributed by atoms with Gasteiger partial charge in [0.15, 0.2) is 0 Å². The van der Waals surface area contributed by atoms with E-state index in [1.54, 1.807) is 18.9 Å². The van der Waals surface area contributed by atoms with E-state index in [4.69, 9.17) is 0 Å². The van der Waals surface area contributed by atoms with Crippen molar-refractivity contribution in [3.8, 4) is 11.1 Å². The number of carbonyl (C=O) groups excluding carboxylic acids is 4. The zero-order valence-electron chi connectivity index (χ0n) is 28.7. The molecule has 10 nitrogen and oxygen atoms in total. The van der Waals surface area contributed by atoms with Gasteiger partial charge in [0.2, 0.25) is 23.6 Å². The van der Waals surface area contributed by atoms with Crippen LogP contribution in [0.15, 0.2) is 36.4 Å². The lowest BCUT2D eigenvalue weighted by Gasteiger charge is -2.33. The predicted molar refractivity (Wildman–Crippen MR) is 186 cm³/mol. The van der Waals surface area contributed by atoms with E-state index in [1.807, 2.05) is 6.92 Å². The molecule has 2 aliphatic carbocycles. The second kappa shape index (κ2) is 15.2. The number of likely N-dealkylation sites (tertiary alicyclic amines) is 1. The fourth-order valence-corrected chi connectivity index (χ4v) is 8.22. The molecule has 4 amide bonds. The van der Waals surface area contributed by atoms with E-state index in [9.17, 15) is 19.2 Å². The maximum atomic E-state index is 13.9. The first kappa shape index (κ1) is 34.1. The van der Waals surface area contributed by atoms with E-state index in [-0.39, 0.29) is 41.8 Å². The summed E-state index contributed by atoms with van der Waals surface area (Å²) in [6.07, 6.45) is 9.42. The molecule has 2 aromatic rings. The second-order valence-corrected chi connectivity index (χ2v) is 14.0. The first-order valence-corrected chi connectivity index (χ1v) is 18.2. The Morgan fingerprint density at radius 3 is 2.02 bits per heavy atom. The van der Waals surface area contributed by atoms with E-state index < -0.39 is 18.1 Å². The predicted octanol–water partition coefficient (Wildman–Crippen LogP) is 3.59. The molecule has 5 N–H and O–H groups in total. The van der Waals surface area contributed by atoms with Crippen molar-refractivity contribution in [2.45, 2.75) is 121 Å². The third-order valence-electron chi connectivity index (χ3n) is 11.0. The summed E-state index contributed by atoms with van der Waals surface area (Å²) in [7, 11) is 1.71. The quantitative estimate of drug-likeness (QED) is 0.266. The minimum absolute atomic E-state index is 0.0135. The standard InChI is InChI=1S/C38H52N6O4/c1-4-30(41-35(45)23(2)39-3)38(48)44-22-10-20-34(44)37(47)43-32-18-8-14-27-25(12-6-16-29(27)32)24-11-5-15-28-26(24)13-7-17-31(28)42-36(46)33-19-9-21-40-33/h5-6,11-12,15-16,23,30-34,39-40H,4,7-10,13-14,17-22H2,1-3H3,(H,41,45)(H,42,46)(H,43,47)/t23-,30-,31?,32+,33?,34-/m0/s1. The number of likely N-dealkylation sites (N-methyl/N-ethyl adjacent to an activating group) is 1. The lowest BCUT2D eigenvalue weighted by atomic mass is 9.78. The highest BCUT2D eigenvalue weighted by atomic mass is 16.2. The van der Waals surface area contributed by atoms with Gasteiger partial charge in [-0.25, -0.2) is 0 Å². The summed E-state index contributed by atoms with van der Waals surface area (Å²) in [5, 5.41) is 15.8. The molecule has 0 saturated carbocycles. The minimum Gasteiger partial charge on any atom is -0.348 e. The molecule has 0 radical (unpaired) electrons. The van der Waals surface area contributed by atoms with Crippen LogP contribution in [0.2, 0.25) is 0 Å². The van der Waals surface area contributed by atoms with Crippen molar-refractivity contribution in [3.63, 3.8) is 0 Å². The van der Waals surface area contributed by atoms with Crippen LogP contribution in [0.25, 0.3) is 11.1 Å².